The third-order valence-corrected chi connectivity index (χ3v) is 6.77. The van der Waals surface area contributed by atoms with E-state index >= 15 is 0 Å². The molecule has 0 saturated carbocycles. The average molecular weight is 386 g/mol. The van der Waals surface area contributed by atoms with Crippen molar-refractivity contribution in [1.29, 1.82) is 0 Å². The first-order valence-corrected chi connectivity index (χ1v) is 10.8. The molecule has 1 fully saturated rings. The molecule has 2 N–H and O–H groups in total. The minimum atomic E-state index is -3.25. The monoisotopic (exact) mass is 385 g/mol. The van der Waals surface area contributed by atoms with Gasteiger partial charge in [0.05, 0.1) is 11.3 Å². The van der Waals surface area contributed by atoms with Crippen molar-refractivity contribution in [2.24, 2.45) is 4.99 Å². The Balaban J connectivity index is 2.00. The Bertz CT molecular complexity index is 716. The Labute approximate surface area is 155 Å². The zero-order chi connectivity index (χ0) is 19.0. The average Bonchev–Trinajstić information content (AvgIpc) is 2.59. The number of nitrogens with one attached hydrogen (secondary N) is 2. The van der Waals surface area contributed by atoms with Crippen molar-refractivity contribution >= 4 is 15.8 Å². The molecule has 26 heavy (non-hydrogen) atoms. The number of aliphatic imine (C=N–C) groups is 1. The van der Waals surface area contributed by atoms with Crippen LogP contribution in [-0.2, 0) is 21.0 Å². The first kappa shape index (κ1) is 20.6. The smallest absolute Gasteiger partial charge is 0.191 e. The number of hydrogen-bond donors (Lipinski definition) is 2. The van der Waals surface area contributed by atoms with Crippen molar-refractivity contribution in [2.45, 2.75) is 30.9 Å². The summed E-state index contributed by atoms with van der Waals surface area (Å²) in [4.78, 5) is 4.51. The third-order valence-electron chi connectivity index (χ3n) is 4.66. The molecule has 0 aromatic heterocycles. The lowest BCUT2D eigenvalue weighted by Crippen LogP contribution is -2.47. The SMILES string of the molecule is CCNC(=NCC1(S(C)(=O)=O)CCOCC1)NCCc1cccc(F)c1. The number of sulfone groups is 1. The minimum absolute atomic E-state index is 0.199. The minimum Gasteiger partial charge on any atom is -0.381 e. The van der Waals surface area contributed by atoms with E-state index in [1.807, 2.05) is 13.0 Å². The van der Waals surface area contributed by atoms with Crippen molar-refractivity contribution in [3.8, 4) is 0 Å². The van der Waals surface area contributed by atoms with E-state index in [9.17, 15) is 12.8 Å². The molecule has 8 heteroatoms. The fourth-order valence-corrected chi connectivity index (χ4v) is 4.18. The van der Waals surface area contributed by atoms with Crippen LogP contribution in [0.1, 0.15) is 25.3 Å². The summed E-state index contributed by atoms with van der Waals surface area (Å²) in [5, 5.41) is 6.31. The molecular weight excluding hydrogens is 357 g/mol. The molecule has 6 nitrogen and oxygen atoms in total. The molecule has 0 atom stereocenters. The van der Waals surface area contributed by atoms with Crippen LogP contribution in [0.25, 0.3) is 0 Å². The van der Waals surface area contributed by atoms with E-state index in [1.165, 1.54) is 18.4 Å². The Kier molecular flexibility index (Phi) is 7.40. The highest BCUT2D eigenvalue weighted by Gasteiger charge is 2.42. The molecule has 1 aliphatic heterocycles. The standard InChI is InChI=1S/C18H28FN3O3S/c1-3-20-17(21-10-7-15-5-4-6-16(19)13-15)22-14-18(26(2,23)24)8-11-25-12-9-18/h4-6,13H,3,7-12,14H2,1-2H3,(H2,20,21,22). The maximum Gasteiger partial charge on any atom is 0.191 e. The summed E-state index contributed by atoms with van der Waals surface area (Å²) < 4.78 is 42.3. The fourth-order valence-electron chi connectivity index (χ4n) is 2.97. The molecule has 1 saturated heterocycles. The van der Waals surface area contributed by atoms with E-state index < -0.39 is 14.6 Å². The highest BCUT2D eigenvalue weighted by Crippen LogP contribution is 2.29. The lowest BCUT2D eigenvalue weighted by atomic mass is 9.99. The summed E-state index contributed by atoms with van der Waals surface area (Å²) in [7, 11) is -3.25. The molecule has 0 unspecified atom stereocenters. The van der Waals surface area contributed by atoms with E-state index in [0.29, 0.717) is 51.5 Å². The van der Waals surface area contributed by atoms with Gasteiger partial charge in [-0.3, -0.25) is 4.99 Å². The molecule has 0 spiro atoms. The molecule has 1 aromatic rings. The van der Waals surface area contributed by atoms with Crippen molar-refractivity contribution < 1.29 is 17.5 Å². The normalized spacial score (nSPS) is 17.7. The first-order valence-electron chi connectivity index (χ1n) is 8.90. The highest BCUT2D eigenvalue weighted by molar-refractivity contribution is 7.92. The Morgan fingerprint density at radius 1 is 1.31 bits per heavy atom. The number of ether oxygens (including phenoxy) is 1. The lowest BCUT2D eigenvalue weighted by molar-refractivity contribution is 0.0768. The van der Waals surface area contributed by atoms with Gasteiger partial charge in [-0.15, -0.1) is 0 Å². The Morgan fingerprint density at radius 2 is 2.04 bits per heavy atom. The molecule has 0 radical (unpaired) electrons. The molecule has 146 valence electrons. The summed E-state index contributed by atoms with van der Waals surface area (Å²) in [6.45, 7) is 4.26. The number of rotatable bonds is 7. The topological polar surface area (TPSA) is 79.8 Å². The van der Waals surface area contributed by atoms with Crippen LogP contribution in [0, 0.1) is 5.82 Å². The van der Waals surface area contributed by atoms with E-state index in [1.54, 1.807) is 6.07 Å². The first-order chi connectivity index (χ1) is 12.4. The second-order valence-corrected chi connectivity index (χ2v) is 8.98. The third kappa shape index (κ3) is 5.67. The van der Waals surface area contributed by atoms with Gasteiger partial charge in [-0.2, -0.15) is 0 Å². The van der Waals surface area contributed by atoms with Crippen LogP contribution in [0.4, 0.5) is 4.39 Å². The molecule has 0 amide bonds. The van der Waals surface area contributed by atoms with Crippen LogP contribution >= 0.6 is 0 Å². The van der Waals surface area contributed by atoms with Gasteiger partial charge in [-0.25, -0.2) is 12.8 Å². The van der Waals surface area contributed by atoms with E-state index in [0.717, 1.165) is 5.56 Å². The van der Waals surface area contributed by atoms with E-state index in [4.69, 9.17) is 4.74 Å². The van der Waals surface area contributed by atoms with Gasteiger partial charge in [-0.05, 0) is 43.9 Å². The van der Waals surface area contributed by atoms with Gasteiger partial charge in [0.15, 0.2) is 15.8 Å². The van der Waals surface area contributed by atoms with Gasteiger partial charge >= 0.3 is 0 Å². The van der Waals surface area contributed by atoms with Crippen LogP contribution in [0.15, 0.2) is 29.3 Å². The van der Waals surface area contributed by atoms with Crippen molar-refractivity contribution in [2.75, 3.05) is 39.1 Å². The van der Waals surface area contributed by atoms with Crippen molar-refractivity contribution in [1.82, 2.24) is 10.6 Å². The van der Waals surface area contributed by atoms with Crippen molar-refractivity contribution in [3.05, 3.63) is 35.6 Å². The number of nitrogens with zero attached hydrogens (tertiary/aromatic N) is 1. The van der Waals surface area contributed by atoms with E-state index in [2.05, 4.69) is 15.6 Å². The zero-order valence-electron chi connectivity index (χ0n) is 15.4. The van der Waals surface area contributed by atoms with Crippen LogP contribution in [0.2, 0.25) is 0 Å². The summed E-state index contributed by atoms with van der Waals surface area (Å²) in [5.74, 6) is 0.316. The summed E-state index contributed by atoms with van der Waals surface area (Å²) in [6.07, 6.45) is 2.83. The number of hydrogen-bond acceptors (Lipinski definition) is 4. The highest BCUT2D eigenvalue weighted by atomic mass is 32.2. The van der Waals surface area contributed by atoms with E-state index in [-0.39, 0.29) is 12.4 Å². The number of guanidine groups is 1. The predicted octanol–water partition coefficient (Wildman–Crippen LogP) is 1.52. The number of benzene rings is 1. The molecular formula is C18H28FN3O3S. The summed E-state index contributed by atoms with van der Waals surface area (Å²) in [6, 6.07) is 6.48. The Morgan fingerprint density at radius 3 is 2.65 bits per heavy atom. The van der Waals surface area contributed by atoms with Gasteiger partial charge < -0.3 is 15.4 Å². The molecule has 1 heterocycles. The van der Waals surface area contributed by atoms with Gasteiger partial charge in [0.1, 0.15) is 5.82 Å². The largest absolute Gasteiger partial charge is 0.381 e. The van der Waals surface area contributed by atoms with Crippen LogP contribution in [0.3, 0.4) is 0 Å². The van der Waals surface area contributed by atoms with Gasteiger partial charge in [-0.1, -0.05) is 12.1 Å². The molecule has 1 aromatic carbocycles. The van der Waals surface area contributed by atoms with Crippen LogP contribution in [-0.4, -0.2) is 58.2 Å². The summed E-state index contributed by atoms with van der Waals surface area (Å²) in [5.41, 5.74) is 0.894. The van der Waals surface area contributed by atoms with Gasteiger partial charge in [0.25, 0.3) is 0 Å². The molecule has 2 rings (SSSR count). The van der Waals surface area contributed by atoms with Crippen molar-refractivity contribution in [3.63, 3.8) is 0 Å². The maximum atomic E-state index is 13.2. The molecule has 0 aliphatic carbocycles. The lowest BCUT2D eigenvalue weighted by Gasteiger charge is -2.34. The molecule has 0 bridgehead atoms. The molecule has 1 aliphatic rings. The van der Waals surface area contributed by atoms with Gasteiger partial charge in [0, 0.05) is 32.6 Å². The maximum absolute atomic E-state index is 13.2. The van der Waals surface area contributed by atoms with Crippen LogP contribution < -0.4 is 10.6 Å². The fraction of sp³-hybridized carbons (Fsp3) is 0.611. The van der Waals surface area contributed by atoms with Gasteiger partial charge in [0.2, 0.25) is 0 Å². The second kappa shape index (κ2) is 9.32. The second-order valence-electron chi connectivity index (χ2n) is 6.57. The summed E-state index contributed by atoms with van der Waals surface area (Å²) >= 11 is 0. The van der Waals surface area contributed by atoms with Crippen LogP contribution in [0.5, 0.6) is 0 Å². The predicted molar refractivity (Wildman–Crippen MR) is 102 cm³/mol. The number of halogens is 1. The Hall–Kier alpha value is -1.67. The zero-order valence-corrected chi connectivity index (χ0v) is 16.2. The quantitative estimate of drug-likeness (QED) is 0.550.